The molecule has 1 aromatic heterocycles. The minimum absolute atomic E-state index is 0.237. The van der Waals surface area contributed by atoms with E-state index in [1.807, 2.05) is 32.0 Å². The van der Waals surface area contributed by atoms with Crippen LogP contribution in [-0.2, 0) is 26.3 Å². The smallest absolute Gasteiger partial charge is 0.240 e. The Morgan fingerprint density at radius 3 is 2.69 bits per heavy atom. The number of hydrogen-bond donors (Lipinski definition) is 1. The molecule has 0 unspecified atom stereocenters. The first-order valence-corrected chi connectivity index (χ1v) is 11.1. The summed E-state index contributed by atoms with van der Waals surface area (Å²) in [6.07, 6.45) is 1.08. The third-order valence-corrected chi connectivity index (χ3v) is 6.71. The van der Waals surface area contributed by atoms with Crippen molar-refractivity contribution in [3.8, 4) is 5.69 Å². The van der Waals surface area contributed by atoms with Crippen molar-refractivity contribution >= 4 is 33.5 Å². The average Bonchev–Trinajstić information content (AvgIpc) is 3.12. The number of rotatable bonds is 5. The van der Waals surface area contributed by atoms with Gasteiger partial charge in [-0.25, -0.2) is 13.1 Å². The Morgan fingerprint density at radius 1 is 1.31 bits per heavy atom. The highest BCUT2D eigenvalue weighted by molar-refractivity contribution is 7.98. The van der Waals surface area contributed by atoms with Gasteiger partial charge in [-0.3, -0.25) is 4.79 Å². The molecule has 1 aliphatic heterocycles. The maximum Gasteiger partial charge on any atom is 0.240 e. The van der Waals surface area contributed by atoms with E-state index in [1.54, 1.807) is 16.4 Å². The Labute approximate surface area is 157 Å². The number of anilines is 1. The summed E-state index contributed by atoms with van der Waals surface area (Å²) in [6, 6.07) is 6.02. The Hall–Kier alpha value is -1.84. The lowest BCUT2D eigenvalue weighted by Crippen LogP contribution is -2.34. The number of amides is 1. The number of sulfonamides is 1. The molecule has 1 amide bonds. The number of aryl methyl sites for hydroxylation is 2. The van der Waals surface area contributed by atoms with Crippen LogP contribution in [0.1, 0.15) is 22.4 Å². The molecule has 0 bridgehead atoms. The molecule has 7 nitrogen and oxygen atoms in total. The van der Waals surface area contributed by atoms with Gasteiger partial charge < -0.3 is 5.32 Å². The molecule has 0 fully saturated rings. The number of likely N-dealkylation sites (N-methyl/N-ethyl adjacent to an activating group) is 1. The Bertz CT molecular complexity index is 967. The molecule has 3 rings (SSSR count). The highest BCUT2D eigenvalue weighted by atomic mass is 32.2. The molecule has 140 valence electrons. The van der Waals surface area contributed by atoms with Crippen LogP contribution in [0.15, 0.2) is 18.2 Å². The number of hydrogen-bond acceptors (Lipinski definition) is 5. The van der Waals surface area contributed by atoms with Crippen LogP contribution in [0.4, 0.5) is 5.82 Å². The molecule has 0 spiro atoms. The number of carbonyl (C=O) groups is 1. The molecule has 2 aromatic rings. The summed E-state index contributed by atoms with van der Waals surface area (Å²) in [7, 11) is -2.03. The van der Waals surface area contributed by atoms with Gasteiger partial charge in [0.1, 0.15) is 5.82 Å². The number of carbonyl (C=O) groups excluding carboxylic acids is 1. The number of aromatic nitrogens is 2. The molecule has 9 heteroatoms. The van der Waals surface area contributed by atoms with Crippen LogP contribution < -0.4 is 5.32 Å². The second-order valence-corrected chi connectivity index (χ2v) is 9.59. The van der Waals surface area contributed by atoms with Gasteiger partial charge in [0.05, 0.1) is 24.2 Å². The molecule has 0 radical (unpaired) electrons. The zero-order valence-electron chi connectivity index (χ0n) is 15.2. The fraction of sp³-hybridized carbons (Fsp3) is 0.412. The predicted octanol–water partition coefficient (Wildman–Crippen LogP) is 2.07. The van der Waals surface area contributed by atoms with Crippen LogP contribution in [0.3, 0.4) is 0 Å². The molecule has 1 aromatic carbocycles. The first-order valence-electron chi connectivity index (χ1n) is 8.14. The zero-order valence-corrected chi connectivity index (χ0v) is 16.9. The molecular weight excluding hydrogens is 372 g/mol. The number of thioether (sulfide) groups is 1. The first kappa shape index (κ1) is 18.9. The van der Waals surface area contributed by atoms with Crippen LogP contribution in [0, 0.1) is 13.8 Å². The quantitative estimate of drug-likeness (QED) is 0.839. The normalized spacial score (nSPS) is 13.9. The monoisotopic (exact) mass is 394 g/mol. The summed E-state index contributed by atoms with van der Waals surface area (Å²) in [6.45, 7) is 3.84. The van der Waals surface area contributed by atoms with Gasteiger partial charge >= 0.3 is 0 Å². The fourth-order valence-corrected chi connectivity index (χ4v) is 4.06. The van der Waals surface area contributed by atoms with E-state index in [0.29, 0.717) is 5.82 Å². The van der Waals surface area contributed by atoms with Crippen molar-refractivity contribution in [3.05, 3.63) is 40.6 Å². The maximum absolute atomic E-state index is 12.4. The second kappa shape index (κ2) is 7.05. The number of benzene rings is 1. The molecule has 1 aliphatic rings. The topological polar surface area (TPSA) is 84.3 Å². The van der Waals surface area contributed by atoms with Crippen LogP contribution in [0.2, 0.25) is 0 Å². The molecule has 0 saturated carbocycles. The highest BCUT2D eigenvalue weighted by Gasteiger charge is 2.25. The number of nitrogens with one attached hydrogen (secondary N) is 1. The largest absolute Gasteiger partial charge is 0.309 e. The molecule has 0 atom stereocenters. The van der Waals surface area contributed by atoms with E-state index < -0.39 is 10.0 Å². The van der Waals surface area contributed by atoms with Gasteiger partial charge in [-0.1, -0.05) is 6.07 Å². The van der Waals surface area contributed by atoms with E-state index >= 15 is 0 Å². The molecule has 2 heterocycles. The van der Waals surface area contributed by atoms with Crippen molar-refractivity contribution in [3.63, 3.8) is 0 Å². The number of nitrogens with zero attached hydrogens (tertiary/aromatic N) is 3. The first-order chi connectivity index (χ1) is 12.2. The summed E-state index contributed by atoms with van der Waals surface area (Å²) in [4.78, 5) is 12.4. The van der Waals surface area contributed by atoms with E-state index in [9.17, 15) is 13.2 Å². The van der Waals surface area contributed by atoms with Gasteiger partial charge in [0, 0.05) is 24.1 Å². The van der Waals surface area contributed by atoms with Crippen LogP contribution in [-0.4, -0.2) is 48.3 Å². The van der Waals surface area contributed by atoms with E-state index in [2.05, 4.69) is 10.4 Å². The van der Waals surface area contributed by atoms with Crippen LogP contribution in [0.5, 0.6) is 0 Å². The van der Waals surface area contributed by atoms with E-state index in [0.717, 1.165) is 44.6 Å². The lowest BCUT2D eigenvalue weighted by Gasteiger charge is -2.15. The van der Waals surface area contributed by atoms with E-state index in [4.69, 9.17) is 0 Å². The standard InChI is InChI=1S/C17H22N4O3S2/c1-11-5-6-13(7-12(11)2)21-17(14-9-25-10-15(14)19-21)18-16(22)8-20(3)26(4,23)24/h5-7H,8-10H2,1-4H3,(H,18,22). The van der Waals surface area contributed by atoms with Gasteiger partial charge in [0.2, 0.25) is 15.9 Å². The predicted molar refractivity (Wildman–Crippen MR) is 104 cm³/mol. The SMILES string of the molecule is Cc1ccc(-n2nc3c(c2NC(=O)CN(C)S(C)(=O)=O)CSC3)cc1C. The average molecular weight is 395 g/mol. The fourth-order valence-electron chi connectivity index (χ4n) is 2.68. The zero-order chi connectivity index (χ0) is 19.1. The van der Waals surface area contributed by atoms with E-state index in [1.165, 1.54) is 12.6 Å². The minimum atomic E-state index is -3.42. The second-order valence-electron chi connectivity index (χ2n) is 6.51. The molecule has 0 saturated heterocycles. The molecule has 1 N–H and O–H groups in total. The van der Waals surface area contributed by atoms with Gasteiger partial charge in [-0.2, -0.15) is 21.2 Å². The lowest BCUT2D eigenvalue weighted by molar-refractivity contribution is -0.116. The summed E-state index contributed by atoms with van der Waals surface area (Å²) < 4.78 is 25.8. The van der Waals surface area contributed by atoms with Crippen LogP contribution >= 0.6 is 11.8 Å². The van der Waals surface area contributed by atoms with E-state index in [-0.39, 0.29) is 12.5 Å². The molecule has 0 aliphatic carbocycles. The lowest BCUT2D eigenvalue weighted by atomic mass is 10.1. The number of fused-ring (bicyclic) bond motifs is 1. The van der Waals surface area contributed by atoms with Crippen molar-refractivity contribution in [1.29, 1.82) is 0 Å². The van der Waals surface area contributed by atoms with Crippen molar-refractivity contribution < 1.29 is 13.2 Å². The van der Waals surface area contributed by atoms with Crippen molar-refractivity contribution in [2.75, 3.05) is 25.2 Å². The minimum Gasteiger partial charge on any atom is -0.309 e. The summed E-state index contributed by atoms with van der Waals surface area (Å²) >= 11 is 1.75. The van der Waals surface area contributed by atoms with Gasteiger partial charge in [-0.05, 0) is 37.1 Å². The Kier molecular flexibility index (Phi) is 5.14. The highest BCUT2D eigenvalue weighted by Crippen LogP contribution is 2.36. The maximum atomic E-state index is 12.4. The third kappa shape index (κ3) is 3.79. The van der Waals surface area contributed by atoms with Crippen molar-refractivity contribution in [2.24, 2.45) is 0 Å². The van der Waals surface area contributed by atoms with Crippen LogP contribution in [0.25, 0.3) is 5.69 Å². The van der Waals surface area contributed by atoms with Gasteiger partial charge in [0.25, 0.3) is 0 Å². The Balaban J connectivity index is 1.93. The molecular formula is C17H22N4O3S2. The Morgan fingerprint density at radius 2 is 2.04 bits per heavy atom. The summed E-state index contributed by atoms with van der Waals surface area (Å²) in [5.74, 6) is 1.82. The van der Waals surface area contributed by atoms with Gasteiger partial charge in [-0.15, -0.1) is 0 Å². The van der Waals surface area contributed by atoms with Crippen molar-refractivity contribution in [2.45, 2.75) is 25.4 Å². The van der Waals surface area contributed by atoms with Crippen molar-refractivity contribution in [1.82, 2.24) is 14.1 Å². The summed E-state index contributed by atoms with van der Waals surface area (Å²) in [5.41, 5.74) is 5.16. The van der Waals surface area contributed by atoms with Gasteiger partial charge in [0.15, 0.2) is 0 Å². The molecule has 26 heavy (non-hydrogen) atoms. The summed E-state index contributed by atoms with van der Waals surface area (Å²) in [5, 5.41) is 7.53. The third-order valence-electron chi connectivity index (χ3n) is 4.48.